The van der Waals surface area contributed by atoms with Crippen LogP contribution in [0.3, 0.4) is 0 Å². The lowest BCUT2D eigenvalue weighted by Crippen LogP contribution is -2.38. The summed E-state index contributed by atoms with van der Waals surface area (Å²) >= 11 is 5.19. The van der Waals surface area contributed by atoms with Crippen LogP contribution in [0, 0.1) is 0 Å². The minimum atomic E-state index is 0.762. The molecule has 7 heteroatoms. The third-order valence-corrected chi connectivity index (χ3v) is 5.16. The van der Waals surface area contributed by atoms with Crippen LogP contribution < -0.4 is 4.90 Å². The van der Waals surface area contributed by atoms with E-state index in [1.54, 1.807) is 11.8 Å². The molecule has 3 rings (SSSR count). The van der Waals surface area contributed by atoms with E-state index in [1.165, 1.54) is 5.56 Å². The highest BCUT2D eigenvalue weighted by Crippen LogP contribution is 2.26. The van der Waals surface area contributed by atoms with Crippen molar-refractivity contribution in [1.29, 1.82) is 0 Å². The minimum Gasteiger partial charge on any atom is -0.378 e. The first-order valence-electron chi connectivity index (χ1n) is 7.41. The first kappa shape index (κ1) is 15.8. The number of nitrogens with zero attached hydrogens (tertiary/aromatic N) is 4. The number of benzene rings is 1. The number of hydrogen-bond donors (Lipinski definition) is 0. The fraction of sp³-hybridized carbons (Fsp3) is 0.467. The van der Waals surface area contributed by atoms with Crippen molar-refractivity contribution in [2.24, 2.45) is 0 Å². The van der Waals surface area contributed by atoms with Gasteiger partial charge in [-0.1, -0.05) is 39.8 Å². The molecule has 0 bridgehead atoms. The molecule has 0 amide bonds. The Morgan fingerprint density at radius 2 is 1.91 bits per heavy atom. The molecule has 22 heavy (non-hydrogen) atoms. The normalized spacial score (nSPS) is 15.3. The highest BCUT2D eigenvalue weighted by atomic mass is 79.9. The van der Waals surface area contributed by atoms with Crippen molar-refractivity contribution in [3.63, 3.8) is 0 Å². The average molecular weight is 383 g/mol. The molecule has 2 aromatic rings. The molecule has 0 saturated carbocycles. The summed E-state index contributed by atoms with van der Waals surface area (Å²) in [4.78, 5) is 2.25. The van der Waals surface area contributed by atoms with Crippen LogP contribution in [0.15, 0.2) is 33.9 Å². The molecule has 0 radical (unpaired) electrons. The van der Waals surface area contributed by atoms with E-state index < -0.39 is 0 Å². The second kappa shape index (κ2) is 7.48. The van der Waals surface area contributed by atoms with Crippen molar-refractivity contribution in [3.8, 4) is 0 Å². The van der Waals surface area contributed by atoms with Gasteiger partial charge < -0.3 is 9.64 Å². The van der Waals surface area contributed by atoms with E-state index in [1.807, 2.05) is 0 Å². The van der Waals surface area contributed by atoms with Crippen molar-refractivity contribution in [2.45, 2.75) is 24.4 Å². The average Bonchev–Trinajstić information content (AvgIpc) is 2.98. The lowest BCUT2D eigenvalue weighted by atomic mass is 10.2. The van der Waals surface area contributed by atoms with Crippen LogP contribution in [0.5, 0.6) is 0 Å². The van der Waals surface area contributed by atoms with Gasteiger partial charge in [0.05, 0.1) is 13.2 Å². The molecule has 2 heterocycles. The zero-order chi connectivity index (χ0) is 15.4. The molecule has 118 valence electrons. The van der Waals surface area contributed by atoms with Crippen LogP contribution in [0.2, 0.25) is 0 Å². The smallest absolute Gasteiger partial charge is 0.228 e. The molecule has 0 spiro atoms. The van der Waals surface area contributed by atoms with Gasteiger partial charge in [0, 0.05) is 29.9 Å². The Hall–Kier alpha value is -1.05. The largest absolute Gasteiger partial charge is 0.378 e. The van der Waals surface area contributed by atoms with Gasteiger partial charge in [0.15, 0.2) is 5.16 Å². The topological polar surface area (TPSA) is 43.2 Å². The number of anilines is 1. The fourth-order valence-corrected chi connectivity index (χ4v) is 3.61. The van der Waals surface area contributed by atoms with E-state index in [0.29, 0.717) is 0 Å². The van der Waals surface area contributed by atoms with Crippen molar-refractivity contribution >= 4 is 33.6 Å². The molecular weight excluding hydrogens is 364 g/mol. The van der Waals surface area contributed by atoms with Gasteiger partial charge in [0.1, 0.15) is 0 Å². The predicted molar refractivity (Wildman–Crippen MR) is 92.4 cm³/mol. The van der Waals surface area contributed by atoms with Gasteiger partial charge >= 0.3 is 0 Å². The maximum atomic E-state index is 5.41. The number of halogens is 1. The molecule has 1 saturated heterocycles. The number of thioether (sulfide) groups is 1. The van der Waals surface area contributed by atoms with E-state index >= 15 is 0 Å². The maximum absolute atomic E-state index is 5.41. The monoisotopic (exact) mass is 382 g/mol. The van der Waals surface area contributed by atoms with Crippen LogP contribution in [0.4, 0.5) is 5.95 Å². The van der Waals surface area contributed by atoms with Gasteiger partial charge in [-0.3, -0.25) is 4.57 Å². The zero-order valence-electron chi connectivity index (χ0n) is 12.5. The molecule has 1 fully saturated rings. The van der Waals surface area contributed by atoms with Crippen LogP contribution in [0.25, 0.3) is 0 Å². The van der Waals surface area contributed by atoms with E-state index in [9.17, 15) is 0 Å². The van der Waals surface area contributed by atoms with Crippen molar-refractivity contribution in [3.05, 3.63) is 34.3 Å². The predicted octanol–water partition coefficient (Wildman–Crippen LogP) is 3.19. The summed E-state index contributed by atoms with van der Waals surface area (Å²) in [6.07, 6.45) is 0. The molecule has 0 N–H and O–H groups in total. The Morgan fingerprint density at radius 3 is 2.59 bits per heavy atom. The minimum absolute atomic E-state index is 0.762. The third-order valence-electron chi connectivity index (χ3n) is 3.59. The fourth-order valence-electron chi connectivity index (χ4n) is 2.39. The number of rotatable bonds is 5. The van der Waals surface area contributed by atoms with Gasteiger partial charge in [-0.15, -0.1) is 10.2 Å². The summed E-state index contributed by atoms with van der Waals surface area (Å²) in [5.74, 6) is 1.86. The van der Waals surface area contributed by atoms with Gasteiger partial charge in [-0.05, 0) is 24.6 Å². The molecule has 5 nitrogen and oxygen atoms in total. The van der Waals surface area contributed by atoms with Gasteiger partial charge in [-0.25, -0.2) is 0 Å². The standard InChI is InChI=1S/C15H19BrN4OS/c1-2-20-14(19-7-9-21-10-8-19)17-18-15(20)22-11-12-3-5-13(16)6-4-12/h3-6H,2,7-11H2,1H3. The van der Waals surface area contributed by atoms with Crippen LogP contribution in [-0.2, 0) is 17.0 Å². The summed E-state index contributed by atoms with van der Waals surface area (Å²) in [5.41, 5.74) is 1.28. The van der Waals surface area contributed by atoms with E-state index in [-0.39, 0.29) is 0 Å². The summed E-state index contributed by atoms with van der Waals surface area (Å²) < 4.78 is 8.70. The number of ether oxygens (including phenoxy) is 1. The second-order valence-corrected chi connectivity index (χ2v) is 6.90. The van der Waals surface area contributed by atoms with Crippen molar-refractivity contribution < 1.29 is 4.74 Å². The Morgan fingerprint density at radius 1 is 1.18 bits per heavy atom. The Kier molecular flexibility index (Phi) is 5.38. The Balaban J connectivity index is 1.70. The Bertz CT molecular complexity index is 611. The highest BCUT2D eigenvalue weighted by molar-refractivity contribution is 9.10. The van der Waals surface area contributed by atoms with Gasteiger partial charge in [-0.2, -0.15) is 0 Å². The number of aromatic nitrogens is 3. The quantitative estimate of drug-likeness (QED) is 0.742. The lowest BCUT2D eigenvalue weighted by Gasteiger charge is -2.27. The van der Waals surface area contributed by atoms with Gasteiger partial charge in [0.25, 0.3) is 0 Å². The molecule has 1 aliphatic rings. The lowest BCUT2D eigenvalue weighted by molar-refractivity contribution is 0.121. The molecule has 1 aromatic carbocycles. The molecular formula is C15H19BrN4OS. The summed E-state index contributed by atoms with van der Waals surface area (Å²) in [5, 5.41) is 9.75. The first-order valence-corrected chi connectivity index (χ1v) is 9.19. The van der Waals surface area contributed by atoms with E-state index in [0.717, 1.165) is 54.2 Å². The molecule has 0 aliphatic carbocycles. The molecule has 0 atom stereocenters. The number of hydrogen-bond acceptors (Lipinski definition) is 5. The van der Waals surface area contributed by atoms with E-state index in [4.69, 9.17) is 4.74 Å². The molecule has 1 aliphatic heterocycles. The first-order chi connectivity index (χ1) is 10.8. The third kappa shape index (κ3) is 3.64. The van der Waals surface area contributed by atoms with Crippen LogP contribution in [0.1, 0.15) is 12.5 Å². The maximum Gasteiger partial charge on any atom is 0.228 e. The van der Waals surface area contributed by atoms with Gasteiger partial charge in [0.2, 0.25) is 5.95 Å². The van der Waals surface area contributed by atoms with Crippen LogP contribution >= 0.6 is 27.7 Å². The second-order valence-electron chi connectivity index (χ2n) is 5.04. The van der Waals surface area contributed by atoms with Crippen molar-refractivity contribution in [1.82, 2.24) is 14.8 Å². The molecule has 0 unspecified atom stereocenters. The summed E-state index contributed by atoms with van der Waals surface area (Å²) in [7, 11) is 0. The molecule has 1 aromatic heterocycles. The summed E-state index contributed by atoms with van der Waals surface area (Å²) in [6.45, 7) is 6.31. The van der Waals surface area contributed by atoms with Crippen molar-refractivity contribution in [2.75, 3.05) is 31.2 Å². The highest BCUT2D eigenvalue weighted by Gasteiger charge is 2.19. The summed E-state index contributed by atoms with van der Waals surface area (Å²) in [6, 6.07) is 8.40. The van der Waals surface area contributed by atoms with Crippen LogP contribution in [-0.4, -0.2) is 41.1 Å². The van der Waals surface area contributed by atoms with E-state index in [2.05, 4.69) is 66.8 Å². The SMILES string of the molecule is CCn1c(SCc2ccc(Br)cc2)nnc1N1CCOCC1. The zero-order valence-corrected chi connectivity index (χ0v) is 14.9. The Labute approximate surface area is 143 Å². The number of morpholine rings is 1.